The number of fused-ring (bicyclic) bond motifs is 1. The molecule has 4 rings (SSSR count). The summed E-state index contributed by atoms with van der Waals surface area (Å²) in [5, 5.41) is 25.5. The highest BCUT2D eigenvalue weighted by Gasteiger charge is 2.21. The van der Waals surface area contributed by atoms with Gasteiger partial charge in [-0.2, -0.15) is 5.26 Å². The van der Waals surface area contributed by atoms with Crippen LogP contribution in [0.4, 0.5) is 5.69 Å². The van der Waals surface area contributed by atoms with Crippen LogP contribution >= 0.6 is 0 Å². The number of hydrogen-bond acceptors (Lipinski definition) is 9. The van der Waals surface area contributed by atoms with E-state index in [2.05, 4.69) is 22.3 Å². The van der Waals surface area contributed by atoms with E-state index >= 15 is 0 Å². The van der Waals surface area contributed by atoms with Crippen molar-refractivity contribution in [1.82, 2.24) is 10.3 Å². The molecule has 6 N–H and O–H groups in total. The summed E-state index contributed by atoms with van der Waals surface area (Å²) < 4.78 is 11.0. The van der Waals surface area contributed by atoms with Crippen LogP contribution in [-0.4, -0.2) is 74.2 Å². The summed E-state index contributed by atoms with van der Waals surface area (Å²) in [6.45, 7) is 4.09. The van der Waals surface area contributed by atoms with Gasteiger partial charge >= 0.3 is 0 Å². The minimum atomic E-state index is -0.524. The van der Waals surface area contributed by atoms with Crippen molar-refractivity contribution in [2.75, 3.05) is 50.9 Å². The Labute approximate surface area is 216 Å². The lowest BCUT2D eigenvalue weighted by Crippen LogP contribution is -2.41. The van der Waals surface area contributed by atoms with E-state index in [1.807, 2.05) is 30.3 Å². The van der Waals surface area contributed by atoms with Crippen LogP contribution in [0.1, 0.15) is 18.4 Å². The van der Waals surface area contributed by atoms with Gasteiger partial charge in [0.15, 0.2) is 0 Å². The van der Waals surface area contributed by atoms with Crippen LogP contribution in [0.25, 0.3) is 16.8 Å². The molecule has 10 heteroatoms. The monoisotopic (exact) mass is 506 g/mol. The fraction of sp³-hybridized carbons (Fsp3) is 0.407. The maximum Gasteiger partial charge on any atom is 0.262 e. The fourth-order valence-corrected chi connectivity index (χ4v) is 4.49. The quantitative estimate of drug-likeness (QED) is 0.179. The van der Waals surface area contributed by atoms with E-state index in [0.29, 0.717) is 31.7 Å². The van der Waals surface area contributed by atoms with Crippen molar-refractivity contribution in [3.8, 4) is 6.07 Å². The molecule has 0 spiro atoms. The molecular formula is C27H34N6O4. The zero-order valence-corrected chi connectivity index (χ0v) is 20.8. The van der Waals surface area contributed by atoms with Gasteiger partial charge in [0.05, 0.1) is 38.5 Å². The van der Waals surface area contributed by atoms with Crippen molar-refractivity contribution in [3.05, 3.63) is 59.4 Å². The summed E-state index contributed by atoms with van der Waals surface area (Å²) in [5.41, 5.74) is 8.21. The first-order chi connectivity index (χ1) is 17.9. The number of morpholine rings is 1. The van der Waals surface area contributed by atoms with Crippen molar-refractivity contribution in [1.29, 1.82) is 5.26 Å². The zero-order valence-electron chi connectivity index (χ0n) is 20.8. The van der Waals surface area contributed by atoms with Crippen LogP contribution < -0.4 is 21.8 Å². The summed E-state index contributed by atoms with van der Waals surface area (Å²) in [4.78, 5) is 14.9. The second-order valence-electron chi connectivity index (χ2n) is 9.31. The maximum absolute atomic E-state index is 12.6. The first kappa shape index (κ1) is 26.4. The molecule has 2 heterocycles. The molecule has 2 aromatic carbocycles. The van der Waals surface area contributed by atoms with Crippen LogP contribution in [0, 0.1) is 11.3 Å². The SMILES string of the molecule is N#C/C(=C\c1ccc2cc(N3CCOCC3)ccc2c1)C(=O)NC/C(N)=C/N(N)CC1CC(O)CCO1. The molecule has 2 fully saturated rings. The number of ether oxygens (including phenoxy) is 2. The number of hydrogen-bond donors (Lipinski definition) is 4. The van der Waals surface area contributed by atoms with Gasteiger partial charge in [0.1, 0.15) is 11.6 Å². The van der Waals surface area contributed by atoms with Crippen LogP contribution in [0.3, 0.4) is 0 Å². The van der Waals surface area contributed by atoms with Crippen LogP contribution in [0.5, 0.6) is 0 Å². The van der Waals surface area contributed by atoms with Crippen LogP contribution in [-0.2, 0) is 14.3 Å². The topological polar surface area (TPSA) is 150 Å². The first-order valence-electron chi connectivity index (χ1n) is 12.4. The van der Waals surface area contributed by atoms with E-state index in [1.54, 1.807) is 6.08 Å². The standard InChI is InChI=1S/C27H34N6O4/c28-15-22(27(35)31-16-23(29)17-33(30)18-26-14-25(34)5-8-37-26)12-19-1-2-21-13-24(4-3-20(21)11-19)32-6-9-36-10-7-32/h1-4,11-13,17,25-26,34H,5-10,14,16,18,29-30H2,(H,31,35)/b22-12+,23-17-. The Kier molecular flexibility index (Phi) is 8.98. The molecule has 2 aliphatic rings. The molecule has 0 saturated carbocycles. The summed E-state index contributed by atoms with van der Waals surface area (Å²) in [6, 6.07) is 14.1. The van der Waals surface area contributed by atoms with Crippen molar-refractivity contribution in [2.24, 2.45) is 11.6 Å². The minimum Gasteiger partial charge on any atom is -0.399 e. The lowest BCUT2D eigenvalue weighted by molar-refractivity contribution is -0.116. The normalized spacial score (nSPS) is 20.9. The van der Waals surface area contributed by atoms with Crippen molar-refractivity contribution < 1.29 is 19.4 Å². The van der Waals surface area contributed by atoms with E-state index in [1.165, 1.54) is 11.2 Å². The van der Waals surface area contributed by atoms with E-state index in [0.717, 1.165) is 48.3 Å². The molecule has 1 amide bonds. The molecule has 2 atom stereocenters. The Morgan fingerprint density at radius 3 is 2.73 bits per heavy atom. The number of anilines is 1. The van der Waals surface area contributed by atoms with E-state index in [-0.39, 0.29) is 24.3 Å². The van der Waals surface area contributed by atoms with Gasteiger partial charge in [0, 0.05) is 43.7 Å². The molecule has 0 aromatic heterocycles. The molecule has 196 valence electrons. The average Bonchev–Trinajstić information content (AvgIpc) is 2.90. The highest BCUT2D eigenvalue weighted by Crippen LogP contribution is 2.25. The molecule has 2 aromatic rings. The number of nitrogens with zero attached hydrogens (tertiary/aromatic N) is 3. The summed E-state index contributed by atoms with van der Waals surface area (Å²) >= 11 is 0. The predicted molar refractivity (Wildman–Crippen MR) is 142 cm³/mol. The zero-order chi connectivity index (χ0) is 26.2. The number of aliphatic hydroxyl groups excluding tert-OH is 1. The van der Waals surface area contributed by atoms with Crippen molar-refractivity contribution in [3.63, 3.8) is 0 Å². The van der Waals surface area contributed by atoms with Crippen molar-refractivity contribution in [2.45, 2.75) is 25.0 Å². The van der Waals surface area contributed by atoms with Gasteiger partial charge in [-0.3, -0.25) is 4.79 Å². The molecule has 2 saturated heterocycles. The summed E-state index contributed by atoms with van der Waals surface area (Å²) in [6.07, 6.45) is 3.63. The van der Waals surface area contributed by atoms with E-state index < -0.39 is 5.91 Å². The Morgan fingerprint density at radius 2 is 1.97 bits per heavy atom. The van der Waals surface area contributed by atoms with Gasteiger partial charge < -0.3 is 35.5 Å². The number of nitriles is 1. The molecule has 37 heavy (non-hydrogen) atoms. The lowest BCUT2D eigenvalue weighted by atomic mass is 10.0. The smallest absolute Gasteiger partial charge is 0.262 e. The Balaban J connectivity index is 1.35. The number of hydrazine groups is 1. The number of rotatable bonds is 8. The third-order valence-corrected chi connectivity index (χ3v) is 6.44. The van der Waals surface area contributed by atoms with Gasteiger partial charge in [0.2, 0.25) is 0 Å². The second-order valence-corrected chi connectivity index (χ2v) is 9.31. The Hall–Kier alpha value is -3.62. The van der Waals surface area contributed by atoms with Crippen LogP contribution in [0.15, 0.2) is 53.9 Å². The second kappa shape index (κ2) is 12.6. The number of nitrogens with two attached hydrogens (primary N) is 2. The van der Waals surface area contributed by atoms with E-state index in [9.17, 15) is 15.2 Å². The third kappa shape index (κ3) is 7.44. The molecule has 0 radical (unpaired) electrons. The van der Waals surface area contributed by atoms with Gasteiger partial charge in [-0.15, -0.1) is 0 Å². The maximum atomic E-state index is 12.6. The predicted octanol–water partition coefficient (Wildman–Crippen LogP) is 1.22. The first-order valence-corrected chi connectivity index (χ1v) is 12.4. The lowest BCUT2D eigenvalue weighted by Gasteiger charge is -2.29. The fourth-order valence-electron chi connectivity index (χ4n) is 4.49. The average molecular weight is 507 g/mol. The molecule has 2 aliphatic heterocycles. The van der Waals surface area contributed by atoms with Gasteiger partial charge in [-0.25, -0.2) is 5.84 Å². The number of amides is 1. The summed E-state index contributed by atoms with van der Waals surface area (Å²) in [5.74, 6) is 5.45. The Morgan fingerprint density at radius 1 is 1.22 bits per heavy atom. The number of carbonyl (C=O) groups is 1. The number of nitrogens with one attached hydrogen (secondary N) is 1. The number of benzene rings is 2. The van der Waals surface area contributed by atoms with Gasteiger partial charge in [-0.05, 0) is 47.0 Å². The molecule has 0 bridgehead atoms. The van der Waals surface area contributed by atoms with Gasteiger partial charge in [-0.1, -0.05) is 18.2 Å². The van der Waals surface area contributed by atoms with Crippen molar-refractivity contribution >= 4 is 28.4 Å². The van der Waals surface area contributed by atoms with Crippen LogP contribution in [0.2, 0.25) is 0 Å². The minimum absolute atomic E-state index is 0.0220. The molecule has 2 unspecified atom stereocenters. The number of aliphatic hydroxyl groups is 1. The summed E-state index contributed by atoms with van der Waals surface area (Å²) in [7, 11) is 0. The highest BCUT2D eigenvalue weighted by molar-refractivity contribution is 6.02. The van der Waals surface area contributed by atoms with Gasteiger partial charge in [0.25, 0.3) is 5.91 Å². The van der Waals surface area contributed by atoms with E-state index in [4.69, 9.17) is 21.1 Å². The number of carbonyl (C=O) groups excluding carboxylic acids is 1. The molecular weight excluding hydrogens is 472 g/mol. The molecule has 0 aliphatic carbocycles. The third-order valence-electron chi connectivity index (χ3n) is 6.44. The largest absolute Gasteiger partial charge is 0.399 e. The molecule has 10 nitrogen and oxygen atoms in total. The highest BCUT2D eigenvalue weighted by atomic mass is 16.5. The Bertz CT molecular complexity index is 1200.